The molecule has 0 heterocycles. The second-order valence-electron chi connectivity index (χ2n) is 5.97. The normalized spacial score (nSPS) is 19.0. The lowest BCUT2D eigenvalue weighted by Crippen LogP contribution is -2.49. The van der Waals surface area contributed by atoms with Crippen LogP contribution in [0.25, 0.3) is 0 Å². The Balaban J connectivity index is 2.25. The van der Waals surface area contributed by atoms with Crippen molar-refractivity contribution in [2.24, 2.45) is 5.92 Å². The fraction of sp³-hybridized carbons (Fsp3) is 0.933. The van der Waals surface area contributed by atoms with Crippen LogP contribution in [0.5, 0.6) is 0 Å². The minimum absolute atomic E-state index is 0.140. The number of hydrogen-bond acceptors (Lipinski definition) is 4. The number of hydrogen-bond donors (Lipinski definition) is 1. The summed E-state index contributed by atoms with van der Waals surface area (Å²) >= 11 is 0. The molecule has 1 N–H and O–H groups in total. The van der Waals surface area contributed by atoms with E-state index in [0.717, 1.165) is 25.3 Å². The van der Waals surface area contributed by atoms with Gasteiger partial charge in [0.2, 0.25) is 0 Å². The van der Waals surface area contributed by atoms with Crippen molar-refractivity contribution in [1.29, 1.82) is 0 Å². The van der Waals surface area contributed by atoms with Crippen LogP contribution in [-0.2, 0) is 9.53 Å². The van der Waals surface area contributed by atoms with E-state index in [1.807, 2.05) is 20.9 Å². The monoisotopic (exact) mass is 270 g/mol. The molecule has 0 aromatic rings. The number of carbonyl (C=O) groups excluding carboxylic acids is 1. The molecule has 0 saturated heterocycles. The van der Waals surface area contributed by atoms with Gasteiger partial charge in [-0.25, -0.2) is 0 Å². The summed E-state index contributed by atoms with van der Waals surface area (Å²) < 4.78 is 5.13. The second-order valence-corrected chi connectivity index (χ2v) is 5.97. The number of nitrogens with one attached hydrogen (secondary N) is 1. The Morgan fingerprint density at radius 3 is 2.63 bits per heavy atom. The summed E-state index contributed by atoms with van der Waals surface area (Å²) in [5, 5.41) is 3.11. The number of carbonyl (C=O) groups is 1. The van der Waals surface area contributed by atoms with E-state index in [4.69, 9.17) is 4.74 Å². The lowest BCUT2D eigenvalue weighted by Gasteiger charge is -2.31. The van der Waals surface area contributed by atoms with Crippen LogP contribution in [0.3, 0.4) is 0 Å². The molecule has 4 nitrogen and oxygen atoms in total. The molecule has 0 amide bonds. The van der Waals surface area contributed by atoms with Gasteiger partial charge in [-0.2, -0.15) is 0 Å². The molecule has 112 valence electrons. The number of nitrogens with zero attached hydrogens (tertiary/aromatic N) is 1. The van der Waals surface area contributed by atoms with E-state index in [-0.39, 0.29) is 5.97 Å². The predicted molar refractivity (Wildman–Crippen MR) is 78.2 cm³/mol. The van der Waals surface area contributed by atoms with Crippen molar-refractivity contribution in [3.05, 3.63) is 0 Å². The van der Waals surface area contributed by atoms with Crippen molar-refractivity contribution >= 4 is 5.97 Å². The Bertz CT molecular complexity index is 279. The quantitative estimate of drug-likeness (QED) is 0.651. The van der Waals surface area contributed by atoms with E-state index in [2.05, 4.69) is 17.3 Å². The summed E-state index contributed by atoms with van der Waals surface area (Å²) in [5.74, 6) is 0.768. The van der Waals surface area contributed by atoms with E-state index in [1.54, 1.807) is 0 Å². The summed E-state index contributed by atoms with van der Waals surface area (Å²) in [6.45, 7) is 6.47. The van der Waals surface area contributed by atoms with Crippen LogP contribution >= 0.6 is 0 Å². The average Bonchev–Trinajstić information content (AvgIpc) is 2.34. The standard InChI is InChI=1S/C15H30N2O2/c1-5-19-14(18)15(2,16-3)10-7-11-17(4)12-13-8-6-9-13/h13,16H,5-12H2,1-4H3. The Morgan fingerprint density at radius 1 is 1.47 bits per heavy atom. The van der Waals surface area contributed by atoms with Crippen LogP contribution in [0.4, 0.5) is 0 Å². The minimum Gasteiger partial charge on any atom is -0.465 e. The number of esters is 1. The van der Waals surface area contributed by atoms with Gasteiger partial charge >= 0.3 is 5.97 Å². The molecule has 1 atom stereocenters. The van der Waals surface area contributed by atoms with Gasteiger partial charge in [-0.3, -0.25) is 4.79 Å². The van der Waals surface area contributed by atoms with Crippen LogP contribution in [0.2, 0.25) is 0 Å². The summed E-state index contributed by atoms with van der Waals surface area (Å²) in [4.78, 5) is 14.3. The third kappa shape index (κ3) is 5.11. The lowest BCUT2D eigenvalue weighted by molar-refractivity contribution is -0.150. The molecular formula is C15H30N2O2. The van der Waals surface area contributed by atoms with E-state index in [9.17, 15) is 4.79 Å². The minimum atomic E-state index is -0.548. The molecule has 0 bridgehead atoms. The fourth-order valence-corrected chi connectivity index (χ4v) is 2.53. The van der Waals surface area contributed by atoms with Crippen LogP contribution in [0, 0.1) is 5.92 Å². The van der Waals surface area contributed by atoms with E-state index >= 15 is 0 Å². The Labute approximate surface area is 117 Å². The molecule has 1 unspecified atom stereocenters. The van der Waals surface area contributed by atoms with Crippen LogP contribution < -0.4 is 5.32 Å². The summed E-state index contributed by atoms with van der Waals surface area (Å²) in [5.41, 5.74) is -0.548. The predicted octanol–water partition coefficient (Wildman–Crippen LogP) is 2.04. The zero-order valence-electron chi connectivity index (χ0n) is 13.0. The first-order valence-corrected chi connectivity index (χ1v) is 7.56. The Hall–Kier alpha value is -0.610. The van der Waals surface area contributed by atoms with Crippen LogP contribution in [0.15, 0.2) is 0 Å². The number of rotatable bonds is 9. The van der Waals surface area contributed by atoms with E-state index < -0.39 is 5.54 Å². The molecule has 0 aromatic carbocycles. The third-order valence-electron chi connectivity index (χ3n) is 4.29. The first-order valence-electron chi connectivity index (χ1n) is 7.56. The van der Waals surface area contributed by atoms with Crippen LogP contribution in [0.1, 0.15) is 46.0 Å². The van der Waals surface area contributed by atoms with Gasteiger partial charge in [0, 0.05) is 6.54 Å². The maximum atomic E-state index is 11.9. The SMILES string of the molecule is CCOC(=O)C(C)(CCCN(C)CC1CCC1)NC. The molecule has 19 heavy (non-hydrogen) atoms. The summed E-state index contributed by atoms with van der Waals surface area (Å²) in [6, 6.07) is 0. The second kappa shape index (κ2) is 7.85. The molecule has 1 saturated carbocycles. The topological polar surface area (TPSA) is 41.6 Å². The zero-order valence-corrected chi connectivity index (χ0v) is 13.0. The maximum Gasteiger partial charge on any atom is 0.326 e. The number of likely N-dealkylation sites (N-methyl/N-ethyl adjacent to an activating group) is 1. The molecular weight excluding hydrogens is 240 g/mol. The first kappa shape index (κ1) is 16.4. The Morgan fingerprint density at radius 2 is 2.16 bits per heavy atom. The van der Waals surface area contributed by atoms with Crippen molar-refractivity contribution in [3.8, 4) is 0 Å². The molecule has 4 heteroatoms. The highest BCUT2D eigenvalue weighted by Crippen LogP contribution is 2.26. The molecule has 1 rings (SSSR count). The van der Waals surface area contributed by atoms with Crippen LogP contribution in [-0.4, -0.2) is 50.2 Å². The van der Waals surface area contributed by atoms with Crippen molar-refractivity contribution in [1.82, 2.24) is 10.2 Å². The average molecular weight is 270 g/mol. The van der Waals surface area contributed by atoms with Gasteiger partial charge < -0.3 is 15.0 Å². The molecule has 1 fully saturated rings. The van der Waals surface area contributed by atoms with Crippen molar-refractivity contribution in [2.45, 2.75) is 51.5 Å². The largest absolute Gasteiger partial charge is 0.465 e. The lowest BCUT2D eigenvalue weighted by atomic mass is 9.85. The molecule has 0 aliphatic heterocycles. The third-order valence-corrected chi connectivity index (χ3v) is 4.29. The van der Waals surface area contributed by atoms with Gasteiger partial charge in [-0.05, 0) is 66.1 Å². The molecule has 1 aliphatic rings. The highest BCUT2D eigenvalue weighted by molar-refractivity contribution is 5.80. The zero-order chi connectivity index (χ0) is 14.3. The van der Waals surface area contributed by atoms with Gasteiger partial charge in [0.15, 0.2) is 0 Å². The van der Waals surface area contributed by atoms with Crippen molar-refractivity contribution in [2.75, 3.05) is 33.8 Å². The van der Waals surface area contributed by atoms with Gasteiger partial charge in [-0.1, -0.05) is 6.42 Å². The summed E-state index contributed by atoms with van der Waals surface area (Å²) in [6.07, 6.45) is 6.01. The summed E-state index contributed by atoms with van der Waals surface area (Å²) in [7, 11) is 4.01. The van der Waals surface area contributed by atoms with Gasteiger partial charge in [0.05, 0.1) is 6.61 Å². The molecule has 0 radical (unpaired) electrons. The van der Waals surface area contributed by atoms with E-state index in [0.29, 0.717) is 6.61 Å². The van der Waals surface area contributed by atoms with Gasteiger partial charge in [0.1, 0.15) is 5.54 Å². The van der Waals surface area contributed by atoms with Gasteiger partial charge in [-0.15, -0.1) is 0 Å². The van der Waals surface area contributed by atoms with Crippen molar-refractivity contribution < 1.29 is 9.53 Å². The molecule has 0 spiro atoms. The highest BCUT2D eigenvalue weighted by Gasteiger charge is 2.32. The van der Waals surface area contributed by atoms with E-state index in [1.165, 1.54) is 25.8 Å². The fourth-order valence-electron chi connectivity index (χ4n) is 2.53. The van der Waals surface area contributed by atoms with Crippen molar-refractivity contribution in [3.63, 3.8) is 0 Å². The highest BCUT2D eigenvalue weighted by atomic mass is 16.5. The number of ether oxygens (including phenoxy) is 1. The smallest absolute Gasteiger partial charge is 0.326 e. The molecule has 0 aromatic heterocycles. The first-order chi connectivity index (χ1) is 9.01. The maximum absolute atomic E-state index is 11.9. The Kier molecular flexibility index (Phi) is 6.80. The van der Waals surface area contributed by atoms with Gasteiger partial charge in [0.25, 0.3) is 0 Å². The molecule has 1 aliphatic carbocycles.